The zero-order chi connectivity index (χ0) is 19.5. The predicted molar refractivity (Wildman–Crippen MR) is 107 cm³/mol. The Morgan fingerprint density at radius 2 is 1.52 bits per heavy atom. The molecule has 0 spiro atoms. The van der Waals surface area contributed by atoms with Gasteiger partial charge in [0.25, 0.3) is 0 Å². The molecule has 0 unspecified atom stereocenters. The van der Waals surface area contributed by atoms with Crippen LogP contribution in [0, 0.1) is 0 Å². The molecule has 0 atom stereocenters. The number of benzene rings is 2. The van der Waals surface area contributed by atoms with Crippen molar-refractivity contribution < 1.29 is 19.0 Å². The summed E-state index contributed by atoms with van der Waals surface area (Å²) in [4.78, 5) is 12.1. The predicted octanol–water partition coefficient (Wildman–Crippen LogP) is 3.78. The molecule has 0 saturated carbocycles. The molecule has 0 fully saturated rings. The summed E-state index contributed by atoms with van der Waals surface area (Å²) in [6.07, 6.45) is 4.13. The number of nitrogens with one attached hydrogen (secondary N) is 1. The van der Waals surface area contributed by atoms with Gasteiger partial charge in [-0.3, -0.25) is 4.79 Å². The van der Waals surface area contributed by atoms with Gasteiger partial charge in [-0.25, -0.2) is 0 Å². The van der Waals surface area contributed by atoms with Crippen LogP contribution in [0.4, 0.5) is 0 Å². The SMILES string of the molecule is COc1cc(CCC(=O)NCCCCc2ccccc2)cc(OC)c1OC. The third-order valence-electron chi connectivity index (χ3n) is 4.42. The second-order valence-electron chi connectivity index (χ2n) is 6.33. The van der Waals surface area contributed by atoms with Gasteiger partial charge in [-0.05, 0) is 48.9 Å². The molecule has 5 heteroatoms. The van der Waals surface area contributed by atoms with Crippen molar-refractivity contribution in [3.05, 3.63) is 53.6 Å². The van der Waals surface area contributed by atoms with E-state index in [9.17, 15) is 4.79 Å². The molecule has 0 aliphatic heterocycles. The average molecular weight is 371 g/mol. The number of rotatable bonds is 11. The number of hydrogen-bond donors (Lipinski definition) is 1. The van der Waals surface area contributed by atoms with E-state index < -0.39 is 0 Å². The summed E-state index contributed by atoms with van der Waals surface area (Å²) >= 11 is 0. The molecule has 0 aliphatic rings. The second kappa shape index (κ2) is 11.1. The van der Waals surface area contributed by atoms with Crippen LogP contribution in [-0.2, 0) is 17.6 Å². The van der Waals surface area contributed by atoms with Crippen LogP contribution in [0.5, 0.6) is 17.2 Å². The summed E-state index contributed by atoms with van der Waals surface area (Å²) in [6, 6.07) is 14.2. The summed E-state index contributed by atoms with van der Waals surface area (Å²) in [7, 11) is 4.75. The molecule has 0 saturated heterocycles. The first kappa shape index (κ1) is 20.6. The smallest absolute Gasteiger partial charge is 0.220 e. The Kier molecular flexibility index (Phi) is 8.49. The lowest BCUT2D eigenvalue weighted by atomic mass is 10.1. The van der Waals surface area contributed by atoms with Crippen molar-refractivity contribution in [2.24, 2.45) is 0 Å². The molecule has 1 N–H and O–H groups in total. The number of carbonyl (C=O) groups is 1. The van der Waals surface area contributed by atoms with Crippen molar-refractivity contribution in [2.75, 3.05) is 27.9 Å². The number of unbranched alkanes of at least 4 members (excludes halogenated alkanes) is 1. The molecule has 0 bridgehead atoms. The highest BCUT2D eigenvalue weighted by Crippen LogP contribution is 2.38. The molecule has 27 heavy (non-hydrogen) atoms. The van der Waals surface area contributed by atoms with E-state index in [2.05, 4.69) is 29.6 Å². The number of methoxy groups -OCH3 is 3. The van der Waals surface area contributed by atoms with E-state index in [-0.39, 0.29) is 5.91 Å². The molecule has 2 aromatic rings. The minimum atomic E-state index is 0.0588. The van der Waals surface area contributed by atoms with Gasteiger partial charge in [0.05, 0.1) is 21.3 Å². The van der Waals surface area contributed by atoms with Crippen molar-refractivity contribution >= 4 is 5.91 Å². The first-order chi connectivity index (χ1) is 13.2. The van der Waals surface area contributed by atoms with Gasteiger partial charge in [0.1, 0.15) is 0 Å². The van der Waals surface area contributed by atoms with Gasteiger partial charge in [-0.15, -0.1) is 0 Å². The van der Waals surface area contributed by atoms with E-state index in [0.717, 1.165) is 24.8 Å². The van der Waals surface area contributed by atoms with Crippen molar-refractivity contribution in [1.82, 2.24) is 5.32 Å². The summed E-state index contributed by atoms with van der Waals surface area (Å²) < 4.78 is 16.0. The van der Waals surface area contributed by atoms with Crippen LogP contribution in [0.25, 0.3) is 0 Å². The third kappa shape index (κ3) is 6.51. The second-order valence-corrected chi connectivity index (χ2v) is 6.33. The van der Waals surface area contributed by atoms with Gasteiger partial charge in [-0.2, -0.15) is 0 Å². The van der Waals surface area contributed by atoms with Crippen molar-refractivity contribution in [3.63, 3.8) is 0 Å². The van der Waals surface area contributed by atoms with E-state index in [1.54, 1.807) is 21.3 Å². The number of ether oxygens (including phenoxy) is 3. The van der Waals surface area contributed by atoms with Crippen molar-refractivity contribution in [2.45, 2.75) is 32.1 Å². The van der Waals surface area contributed by atoms with E-state index >= 15 is 0 Å². The van der Waals surface area contributed by atoms with Crippen LogP contribution in [-0.4, -0.2) is 33.8 Å². The molecule has 0 radical (unpaired) electrons. The van der Waals surface area contributed by atoms with Gasteiger partial charge in [0, 0.05) is 13.0 Å². The fraction of sp³-hybridized carbons (Fsp3) is 0.409. The first-order valence-electron chi connectivity index (χ1n) is 9.27. The Morgan fingerprint density at radius 1 is 0.852 bits per heavy atom. The molecule has 146 valence electrons. The Morgan fingerprint density at radius 3 is 2.11 bits per heavy atom. The third-order valence-corrected chi connectivity index (χ3v) is 4.42. The van der Waals surface area contributed by atoms with Crippen LogP contribution < -0.4 is 19.5 Å². The molecule has 0 aliphatic carbocycles. The fourth-order valence-electron chi connectivity index (χ4n) is 2.95. The number of aryl methyl sites for hydroxylation is 2. The molecule has 5 nitrogen and oxygen atoms in total. The van der Waals surface area contributed by atoms with E-state index in [4.69, 9.17) is 14.2 Å². The van der Waals surface area contributed by atoms with Crippen LogP contribution in [0.15, 0.2) is 42.5 Å². The summed E-state index contributed by atoms with van der Waals surface area (Å²) in [5, 5.41) is 2.99. The zero-order valence-electron chi connectivity index (χ0n) is 16.4. The quantitative estimate of drug-likeness (QED) is 0.611. The highest BCUT2D eigenvalue weighted by atomic mass is 16.5. The standard InChI is InChI=1S/C22H29NO4/c1-25-19-15-18(16-20(26-2)22(19)27-3)12-13-21(24)23-14-8-7-11-17-9-5-4-6-10-17/h4-6,9-10,15-16H,7-8,11-14H2,1-3H3,(H,23,24). The normalized spacial score (nSPS) is 10.3. The zero-order valence-corrected chi connectivity index (χ0v) is 16.4. The molecule has 0 aromatic heterocycles. The topological polar surface area (TPSA) is 56.8 Å². The monoisotopic (exact) mass is 371 g/mol. The summed E-state index contributed by atoms with van der Waals surface area (Å²) in [5.41, 5.74) is 2.31. The van der Waals surface area contributed by atoms with Crippen molar-refractivity contribution in [1.29, 1.82) is 0 Å². The summed E-state index contributed by atoms with van der Waals surface area (Å²) in [6.45, 7) is 0.709. The maximum Gasteiger partial charge on any atom is 0.220 e. The van der Waals surface area contributed by atoms with Crippen LogP contribution in [0.2, 0.25) is 0 Å². The number of hydrogen-bond acceptors (Lipinski definition) is 4. The Bertz CT molecular complexity index is 691. The molecule has 2 aromatic carbocycles. The lowest BCUT2D eigenvalue weighted by Gasteiger charge is -2.14. The van der Waals surface area contributed by atoms with Crippen LogP contribution >= 0.6 is 0 Å². The maximum absolute atomic E-state index is 12.1. The molecular formula is C22H29NO4. The highest BCUT2D eigenvalue weighted by Gasteiger charge is 2.13. The maximum atomic E-state index is 12.1. The van der Waals surface area contributed by atoms with E-state index in [1.807, 2.05) is 18.2 Å². The van der Waals surface area contributed by atoms with Gasteiger partial charge in [0.15, 0.2) is 11.5 Å². The minimum absolute atomic E-state index is 0.0588. The number of amides is 1. The largest absolute Gasteiger partial charge is 0.493 e. The number of carbonyl (C=O) groups excluding carboxylic acids is 1. The average Bonchev–Trinajstić information content (AvgIpc) is 2.71. The van der Waals surface area contributed by atoms with Gasteiger partial charge >= 0.3 is 0 Å². The first-order valence-corrected chi connectivity index (χ1v) is 9.27. The lowest BCUT2D eigenvalue weighted by Crippen LogP contribution is -2.24. The van der Waals surface area contributed by atoms with Gasteiger partial charge in [-0.1, -0.05) is 30.3 Å². The molecule has 2 rings (SSSR count). The highest BCUT2D eigenvalue weighted by molar-refractivity contribution is 5.76. The fourth-order valence-corrected chi connectivity index (χ4v) is 2.95. The molecule has 0 heterocycles. The molecular weight excluding hydrogens is 342 g/mol. The lowest BCUT2D eigenvalue weighted by molar-refractivity contribution is -0.121. The Labute approximate surface area is 161 Å². The van der Waals surface area contributed by atoms with Crippen LogP contribution in [0.3, 0.4) is 0 Å². The van der Waals surface area contributed by atoms with Crippen LogP contribution in [0.1, 0.15) is 30.4 Å². The van der Waals surface area contributed by atoms with E-state index in [0.29, 0.717) is 36.6 Å². The van der Waals surface area contributed by atoms with Gasteiger partial charge < -0.3 is 19.5 Å². The Hall–Kier alpha value is -2.69. The van der Waals surface area contributed by atoms with E-state index in [1.165, 1.54) is 5.56 Å². The van der Waals surface area contributed by atoms with Crippen molar-refractivity contribution in [3.8, 4) is 17.2 Å². The Balaban J connectivity index is 1.73. The minimum Gasteiger partial charge on any atom is -0.493 e. The molecule has 1 amide bonds. The van der Waals surface area contributed by atoms with Gasteiger partial charge in [0.2, 0.25) is 11.7 Å². The summed E-state index contributed by atoms with van der Waals surface area (Å²) in [5.74, 6) is 1.83.